The summed E-state index contributed by atoms with van der Waals surface area (Å²) in [5.41, 5.74) is -0.684. The van der Waals surface area contributed by atoms with E-state index in [-0.39, 0.29) is 17.3 Å². The van der Waals surface area contributed by atoms with Crippen molar-refractivity contribution in [2.45, 2.75) is 19.4 Å². The van der Waals surface area contributed by atoms with E-state index in [1.165, 1.54) is 6.07 Å². The van der Waals surface area contributed by atoms with Crippen molar-refractivity contribution >= 4 is 23.0 Å². The van der Waals surface area contributed by atoms with Crippen LogP contribution in [0.3, 0.4) is 0 Å². The van der Waals surface area contributed by atoms with Gasteiger partial charge in [-0.1, -0.05) is 17.7 Å². The van der Waals surface area contributed by atoms with E-state index in [0.29, 0.717) is 5.69 Å². The maximum Gasteiger partial charge on any atom is 0.310 e. The molecule has 1 rings (SSSR count). The van der Waals surface area contributed by atoms with E-state index in [0.717, 1.165) is 0 Å². The van der Waals surface area contributed by atoms with Crippen molar-refractivity contribution in [1.82, 2.24) is 0 Å². The topological polar surface area (TPSA) is 66.6 Å². The summed E-state index contributed by atoms with van der Waals surface area (Å²) in [6.07, 6.45) is 0. The first-order valence-electron chi connectivity index (χ1n) is 5.09. The van der Waals surface area contributed by atoms with Crippen molar-refractivity contribution in [3.05, 3.63) is 33.3 Å². The van der Waals surface area contributed by atoms with Gasteiger partial charge in [0.2, 0.25) is 0 Å². The molecular weight excluding hydrogens is 244 g/mol. The first-order chi connectivity index (χ1) is 7.72. The van der Waals surface area contributed by atoms with Gasteiger partial charge in [0, 0.05) is 13.6 Å². The highest BCUT2D eigenvalue weighted by molar-refractivity contribution is 6.33. The lowest BCUT2D eigenvalue weighted by Gasteiger charge is -2.27. The molecule has 1 N–H and O–H groups in total. The number of nitrogens with zero attached hydrogens (tertiary/aromatic N) is 2. The molecule has 0 saturated carbocycles. The Morgan fingerprint density at radius 2 is 2.12 bits per heavy atom. The minimum Gasteiger partial charge on any atom is -0.389 e. The summed E-state index contributed by atoms with van der Waals surface area (Å²) in [7, 11) is 1.68. The summed E-state index contributed by atoms with van der Waals surface area (Å²) in [4.78, 5) is 12.0. The van der Waals surface area contributed by atoms with Crippen LogP contribution < -0.4 is 4.90 Å². The van der Waals surface area contributed by atoms with Gasteiger partial charge in [0.1, 0.15) is 10.7 Å². The third-order valence-corrected chi connectivity index (χ3v) is 2.49. The second-order valence-electron chi connectivity index (χ2n) is 4.53. The molecule has 0 unspecified atom stereocenters. The molecule has 0 spiro atoms. The fourth-order valence-electron chi connectivity index (χ4n) is 1.66. The number of nitro benzene ring substituents is 1. The summed E-state index contributed by atoms with van der Waals surface area (Å²) >= 11 is 5.81. The molecule has 0 aliphatic carbocycles. The van der Waals surface area contributed by atoms with Crippen molar-refractivity contribution in [1.29, 1.82) is 0 Å². The Morgan fingerprint density at radius 3 is 2.59 bits per heavy atom. The highest BCUT2D eigenvalue weighted by Gasteiger charge is 2.24. The molecule has 0 saturated heterocycles. The van der Waals surface area contributed by atoms with E-state index in [1.54, 1.807) is 37.9 Å². The minimum atomic E-state index is -0.940. The SMILES string of the molecule is CN(CC(C)(C)O)c1cccc(Cl)c1[N+](=O)[O-]. The lowest BCUT2D eigenvalue weighted by atomic mass is 10.1. The van der Waals surface area contributed by atoms with E-state index in [1.807, 2.05) is 0 Å². The van der Waals surface area contributed by atoms with Gasteiger partial charge in [-0.2, -0.15) is 0 Å². The molecule has 0 aliphatic heterocycles. The lowest BCUT2D eigenvalue weighted by Crippen LogP contribution is -2.36. The largest absolute Gasteiger partial charge is 0.389 e. The molecule has 0 aliphatic rings. The molecule has 17 heavy (non-hydrogen) atoms. The number of likely N-dealkylation sites (N-methyl/N-ethyl adjacent to an activating group) is 1. The van der Waals surface area contributed by atoms with Crippen molar-refractivity contribution < 1.29 is 10.0 Å². The standard InChI is InChI=1S/C11H15ClN2O3/c1-11(2,15)7-13(3)9-6-4-5-8(12)10(9)14(16)17/h4-6,15H,7H2,1-3H3. The zero-order valence-electron chi connectivity index (χ0n) is 9.98. The maximum absolute atomic E-state index is 10.9. The molecule has 0 bridgehead atoms. The first kappa shape index (κ1) is 13.7. The van der Waals surface area contributed by atoms with Crippen LogP contribution in [-0.4, -0.2) is 29.2 Å². The molecule has 0 radical (unpaired) electrons. The van der Waals surface area contributed by atoms with Crippen molar-refractivity contribution in [2.75, 3.05) is 18.5 Å². The third kappa shape index (κ3) is 3.57. The molecule has 1 aromatic rings. The average molecular weight is 259 g/mol. The molecule has 6 heteroatoms. The van der Waals surface area contributed by atoms with E-state index >= 15 is 0 Å². The van der Waals surface area contributed by atoms with Crippen LogP contribution >= 0.6 is 11.6 Å². The second kappa shape index (κ2) is 4.89. The van der Waals surface area contributed by atoms with Crippen molar-refractivity contribution in [2.24, 2.45) is 0 Å². The minimum absolute atomic E-state index is 0.0927. The summed E-state index contributed by atoms with van der Waals surface area (Å²) in [6.45, 7) is 3.55. The molecule has 94 valence electrons. The Labute approximate surface area is 105 Å². The Bertz CT molecular complexity index is 429. The third-order valence-electron chi connectivity index (χ3n) is 2.18. The van der Waals surface area contributed by atoms with E-state index in [2.05, 4.69) is 0 Å². The zero-order valence-corrected chi connectivity index (χ0v) is 10.7. The molecule has 0 aromatic heterocycles. The van der Waals surface area contributed by atoms with Crippen LogP contribution in [0.2, 0.25) is 5.02 Å². The summed E-state index contributed by atoms with van der Waals surface area (Å²) < 4.78 is 0. The highest BCUT2D eigenvalue weighted by Crippen LogP contribution is 2.34. The van der Waals surface area contributed by atoms with Crippen LogP contribution in [0.25, 0.3) is 0 Å². The normalized spacial score (nSPS) is 11.4. The van der Waals surface area contributed by atoms with Gasteiger partial charge >= 0.3 is 5.69 Å². The van der Waals surface area contributed by atoms with E-state index < -0.39 is 10.5 Å². The number of halogens is 1. The average Bonchev–Trinajstić information content (AvgIpc) is 2.13. The van der Waals surface area contributed by atoms with Crippen LogP contribution in [0, 0.1) is 10.1 Å². The smallest absolute Gasteiger partial charge is 0.310 e. The first-order valence-corrected chi connectivity index (χ1v) is 5.46. The molecule has 0 heterocycles. The maximum atomic E-state index is 10.9. The van der Waals surface area contributed by atoms with Gasteiger partial charge in [0.25, 0.3) is 0 Å². The van der Waals surface area contributed by atoms with Crippen LogP contribution in [0.15, 0.2) is 18.2 Å². The molecule has 0 fully saturated rings. The molecule has 0 amide bonds. The zero-order chi connectivity index (χ0) is 13.2. The van der Waals surface area contributed by atoms with Crippen LogP contribution in [0.4, 0.5) is 11.4 Å². The summed E-state index contributed by atoms with van der Waals surface area (Å²) in [6, 6.07) is 4.72. The van der Waals surface area contributed by atoms with Gasteiger partial charge in [0.05, 0.1) is 10.5 Å². The number of rotatable bonds is 4. The lowest BCUT2D eigenvalue weighted by molar-refractivity contribution is -0.384. The fraction of sp³-hybridized carbons (Fsp3) is 0.455. The van der Waals surface area contributed by atoms with Gasteiger partial charge < -0.3 is 10.0 Å². The van der Waals surface area contributed by atoms with E-state index in [4.69, 9.17) is 11.6 Å². The van der Waals surface area contributed by atoms with Crippen molar-refractivity contribution in [3.63, 3.8) is 0 Å². The molecule has 0 atom stereocenters. The van der Waals surface area contributed by atoms with Crippen LogP contribution in [-0.2, 0) is 0 Å². The Balaban J connectivity index is 3.13. The quantitative estimate of drug-likeness (QED) is 0.665. The Morgan fingerprint density at radius 1 is 1.53 bits per heavy atom. The second-order valence-corrected chi connectivity index (χ2v) is 4.94. The number of nitro groups is 1. The number of aliphatic hydroxyl groups is 1. The highest BCUT2D eigenvalue weighted by atomic mass is 35.5. The van der Waals surface area contributed by atoms with Gasteiger partial charge in [-0.15, -0.1) is 0 Å². The predicted molar refractivity (Wildman–Crippen MR) is 67.7 cm³/mol. The number of hydrogen-bond acceptors (Lipinski definition) is 4. The summed E-state index contributed by atoms with van der Waals surface area (Å²) in [5.74, 6) is 0. The van der Waals surface area contributed by atoms with Crippen LogP contribution in [0.5, 0.6) is 0 Å². The molecule has 5 nitrogen and oxygen atoms in total. The summed E-state index contributed by atoms with van der Waals surface area (Å²) in [5, 5.41) is 20.7. The van der Waals surface area contributed by atoms with Crippen LogP contribution in [0.1, 0.15) is 13.8 Å². The number of para-hydroxylation sites is 1. The Hall–Kier alpha value is -1.33. The fourth-order valence-corrected chi connectivity index (χ4v) is 1.90. The van der Waals surface area contributed by atoms with Gasteiger partial charge in [0.15, 0.2) is 0 Å². The van der Waals surface area contributed by atoms with E-state index in [9.17, 15) is 15.2 Å². The monoisotopic (exact) mass is 258 g/mol. The van der Waals surface area contributed by atoms with Gasteiger partial charge in [-0.05, 0) is 26.0 Å². The number of hydrogen-bond donors (Lipinski definition) is 1. The van der Waals surface area contributed by atoms with Crippen molar-refractivity contribution in [3.8, 4) is 0 Å². The van der Waals surface area contributed by atoms with Gasteiger partial charge in [-0.25, -0.2) is 0 Å². The number of benzene rings is 1. The van der Waals surface area contributed by atoms with Gasteiger partial charge in [-0.3, -0.25) is 10.1 Å². The predicted octanol–water partition coefficient (Wildman–Crippen LogP) is 2.46. The molecule has 1 aromatic carbocycles. The Kier molecular flexibility index (Phi) is 3.95. The number of anilines is 1. The molecular formula is C11H15ClN2O3.